The molecule has 1 amide bonds. The van der Waals surface area contributed by atoms with Gasteiger partial charge < -0.3 is 23.9 Å². The highest BCUT2D eigenvalue weighted by Crippen LogP contribution is 2.29. The van der Waals surface area contributed by atoms with E-state index in [4.69, 9.17) is 13.9 Å². The van der Waals surface area contributed by atoms with E-state index in [2.05, 4.69) is 10.1 Å². The van der Waals surface area contributed by atoms with Gasteiger partial charge in [-0.1, -0.05) is 24.3 Å². The minimum Gasteiger partial charge on any atom is -0.493 e. The Morgan fingerprint density at radius 3 is 2.63 bits per heavy atom. The van der Waals surface area contributed by atoms with Gasteiger partial charge in [0.25, 0.3) is 5.91 Å². The van der Waals surface area contributed by atoms with Gasteiger partial charge >= 0.3 is 6.61 Å². The van der Waals surface area contributed by atoms with Crippen molar-refractivity contribution in [2.24, 2.45) is 0 Å². The van der Waals surface area contributed by atoms with Gasteiger partial charge in [-0.05, 0) is 42.3 Å². The fraction of sp³-hybridized carbons (Fsp3) is 0.227. The first kappa shape index (κ1) is 21.2. The summed E-state index contributed by atoms with van der Waals surface area (Å²) >= 11 is 0. The maximum Gasteiger partial charge on any atom is 0.387 e. The molecule has 0 saturated carbocycles. The summed E-state index contributed by atoms with van der Waals surface area (Å²) in [5.41, 5.74) is 1.33. The van der Waals surface area contributed by atoms with Gasteiger partial charge in [-0.2, -0.15) is 8.78 Å². The van der Waals surface area contributed by atoms with Crippen molar-refractivity contribution in [3.8, 4) is 17.2 Å². The smallest absolute Gasteiger partial charge is 0.387 e. The van der Waals surface area contributed by atoms with E-state index in [1.54, 1.807) is 18.2 Å². The van der Waals surface area contributed by atoms with Crippen LogP contribution >= 0.6 is 0 Å². The molecule has 0 atom stereocenters. The zero-order valence-electron chi connectivity index (χ0n) is 16.3. The van der Waals surface area contributed by atoms with Crippen LogP contribution in [0.4, 0.5) is 8.78 Å². The third-order valence-corrected chi connectivity index (χ3v) is 4.23. The summed E-state index contributed by atoms with van der Waals surface area (Å²) in [5, 5.41) is 2.75. The Labute approximate surface area is 172 Å². The number of methoxy groups -OCH3 is 1. The van der Waals surface area contributed by atoms with Crippen LogP contribution in [-0.4, -0.2) is 26.2 Å². The predicted octanol–water partition coefficient (Wildman–Crippen LogP) is 4.44. The van der Waals surface area contributed by atoms with E-state index < -0.39 is 6.61 Å². The molecule has 1 aromatic heterocycles. The molecular formula is C22H21F2NO5. The highest BCUT2D eigenvalue weighted by atomic mass is 19.3. The highest BCUT2D eigenvalue weighted by molar-refractivity contribution is 5.92. The van der Waals surface area contributed by atoms with Crippen LogP contribution in [0.3, 0.4) is 0 Å². The zero-order chi connectivity index (χ0) is 21.3. The molecule has 30 heavy (non-hydrogen) atoms. The number of hydrogen-bond acceptors (Lipinski definition) is 5. The van der Waals surface area contributed by atoms with Gasteiger partial charge in [0, 0.05) is 12.1 Å². The van der Waals surface area contributed by atoms with Gasteiger partial charge in [0.1, 0.15) is 12.4 Å². The zero-order valence-corrected chi connectivity index (χ0v) is 16.3. The number of alkyl halides is 2. The molecule has 0 aliphatic carbocycles. The molecule has 3 rings (SSSR count). The first-order valence-electron chi connectivity index (χ1n) is 9.21. The topological polar surface area (TPSA) is 69.9 Å². The Hall–Kier alpha value is -3.55. The molecule has 0 aliphatic rings. The average Bonchev–Trinajstić information content (AvgIpc) is 3.21. The lowest BCUT2D eigenvalue weighted by Gasteiger charge is -2.12. The number of ether oxygens (including phenoxy) is 3. The van der Waals surface area contributed by atoms with E-state index >= 15 is 0 Å². The largest absolute Gasteiger partial charge is 0.493 e. The van der Waals surface area contributed by atoms with Gasteiger partial charge in [0.2, 0.25) is 0 Å². The van der Waals surface area contributed by atoms with Gasteiger partial charge in [0.05, 0.1) is 13.4 Å². The minimum atomic E-state index is -2.95. The Morgan fingerprint density at radius 1 is 1.10 bits per heavy atom. The SMILES string of the molecule is COc1ccc(CCNC(=O)c2occc2COc2ccccc2)cc1OC(F)F. The number of rotatable bonds is 10. The van der Waals surface area contributed by atoms with Gasteiger partial charge in [-0.25, -0.2) is 0 Å². The van der Waals surface area contributed by atoms with Crippen molar-refractivity contribution in [1.29, 1.82) is 0 Å². The van der Waals surface area contributed by atoms with Crippen molar-refractivity contribution in [2.45, 2.75) is 19.6 Å². The quantitative estimate of drug-likeness (QED) is 0.528. The molecule has 0 unspecified atom stereocenters. The number of halogens is 2. The summed E-state index contributed by atoms with van der Waals surface area (Å²) in [6.07, 6.45) is 1.84. The lowest BCUT2D eigenvalue weighted by molar-refractivity contribution is -0.0512. The molecule has 1 heterocycles. The molecule has 8 heteroatoms. The van der Waals surface area contributed by atoms with Crippen LogP contribution in [0, 0.1) is 0 Å². The van der Waals surface area contributed by atoms with Gasteiger partial charge in [-0.15, -0.1) is 0 Å². The average molecular weight is 417 g/mol. The molecule has 0 aliphatic heterocycles. The fourth-order valence-corrected chi connectivity index (χ4v) is 2.79. The second kappa shape index (κ2) is 10.3. The highest BCUT2D eigenvalue weighted by Gasteiger charge is 2.16. The monoisotopic (exact) mass is 417 g/mol. The summed E-state index contributed by atoms with van der Waals surface area (Å²) in [7, 11) is 1.37. The Kier molecular flexibility index (Phi) is 7.26. The van der Waals surface area contributed by atoms with E-state index in [0.29, 0.717) is 23.3 Å². The van der Waals surface area contributed by atoms with Crippen LogP contribution in [-0.2, 0) is 13.0 Å². The van der Waals surface area contributed by atoms with E-state index in [1.807, 2.05) is 30.3 Å². The Balaban J connectivity index is 1.55. The van der Waals surface area contributed by atoms with Crippen molar-refractivity contribution >= 4 is 5.91 Å². The molecule has 3 aromatic rings. The van der Waals surface area contributed by atoms with Crippen LogP contribution in [0.1, 0.15) is 21.7 Å². The van der Waals surface area contributed by atoms with E-state index in [0.717, 1.165) is 0 Å². The van der Waals surface area contributed by atoms with Crippen LogP contribution in [0.25, 0.3) is 0 Å². The molecular weight excluding hydrogens is 396 g/mol. The summed E-state index contributed by atoms with van der Waals surface area (Å²) in [6.45, 7) is -2.49. The number of carbonyl (C=O) groups excluding carboxylic acids is 1. The molecule has 6 nitrogen and oxygen atoms in total. The molecule has 0 fully saturated rings. The number of amides is 1. The summed E-state index contributed by atoms with van der Waals surface area (Å²) in [4.78, 5) is 12.4. The Morgan fingerprint density at radius 2 is 1.90 bits per heavy atom. The van der Waals surface area contributed by atoms with Crippen LogP contribution < -0.4 is 19.5 Å². The molecule has 0 radical (unpaired) electrons. The number of nitrogens with one attached hydrogen (secondary N) is 1. The number of benzene rings is 2. The van der Waals surface area contributed by atoms with Crippen LogP contribution in [0.15, 0.2) is 65.3 Å². The molecule has 0 saturated heterocycles. The van der Waals surface area contributed by atoms with Crippen molar-refractivity contribution in [1.82, 2.24) is 5.32 Å². The lowest BCUT2D eigenvalue weighted by Crippen LogP contribution is -2.26. The summed E-state index contributed by atoms with van der Waals surface area (Å²) < 4.78 is 45.5. The first-order chi connectivity index (χ1) is 14.6. The minimum absolute atomic E-state index is 0.0530. The normalized spacial score (nSPS) is 10.7. The van der Waals surface area contributed by atoms with Crippen LogP contribution in [0.2, 0.25) is 0 Å². The first-order valence-corrected chi connectivity index (χ1v) is 9.21. The predicted molar refractivity (Wildman–Crippen MR) is 105 cm³/mol. The maximum absolute atomic E-state index is 12.5. The molecule has 1 N–H and O–H groups in total. The van der Waals surface area contributed by atoms with Gasteiger partial charge in [0.15, 0.2) is 17.3 Å². The molecule has 2 aromatic carbocycles. The van der Waals surface area contributed by atoms with Crippen molar-refractivity contribution in [2.75, 3.05) is 13.7 Å². The lowest BCUT2D eigenvalue weighted by atomic mass is 10.1. The number of furan rings is 1. The van der Waals surface area contributed by atoms with Crippen molar-refractivity contribution in [3.05, 3.63) is 77.7 Å². The summed E-state index contributed by atoms with van der Waals surface area (Å²) in [5.74, 6) is 0.627. The second-order valence-electron chi connectivity index (χ2n) is 6.25. The van der Waals surface area contributed by atoms with E-state index in [-0.39, 0.29) is 36.3 Å². The number of para-hydroxylation sites is 1. The van der Waals surface area contributed by atoms with E-state index in [1.165, 1.54) is 19.4 Å². The number of hydrogen-bond donors (Lipinski definition) is 1. The fourth-order valence-electron chi connectivity index (χ4n) is 2.79. The van der Waals surface area contributed by atoms with E-state index in [9.17, 15) is 13.6 Å². The molecule has 0 bridgehead atoms. The second-order valence-corrected chi connectivity index (χ2v) is 6.25. The van der Waals surface area contributed by atoms with Gasteiger partial charge in [-0.3, -0.25) is 4.79 Å². The van der Waals surface area contributed by atoms with Crippen molar-refractivity contribution in [3.63, 3.8) is 0 Å². The van der Waals surface area contributed by atoms with Crippen molar-refractivity contribution < 1.29 is 32.2 Å². The Bertz CT molecular complexity index is 959. The molecule has 158 valence electrons. The standard InChI is InChI=1S/C22H21F2NO5/c1-27-18-8-7-15(13-19(18)30-22(23)24)9-11-25-21(26)20-16(10-12-28-20)14-29-17-5-3-2-4-6-17/h2-8,10,12-13,22H,9,11,14H2,1H3,(H,25,26). The summed E-state index contributed by atoms with van der Waals surface area (Å²) in [6, 6.07) is 15.6. The number of carbonyl (C=O) groups is 1. The third-order valence-electron chi connectivity index (χ3n) is 4.23. The maximum atomic E-state index is 12.5. The van der Waals surface area contributed by atoms with Crippen LogP contribution in [0.5, 0.6) is 17.2 Å². The molecule has 0 spiro atoms. The third kappa shape index (κ3) is 5.73.